The van der Waals surface area contributed by atoms with Crippen molar-refractivity contribution >= 4 is 17.4 Å². The van der Waals surface area contributed by atoms with Gasteiger partial charge in [-0.15, -0.1) is 0 Å². The van der Waals surface area contributed by atoms with E-state index in [0.717, 1.165) is 11.1 Å². The van der Waals surface area contributed by atoms with Crippen LogP contribution in [0.1, 0.15) is 35.2 Å². The molecule has 8 heteroatoms. The molecule has 0 aliphatic carbocycles. The molecule has 1 atom stereocenters. The highest BCUT2D eigenvalue weighted by Crippen LogP contribution is 2.44. The Hall–Kier alpha value is -5.24. The summed E-state index contributed by atoms with van der Waals surface area (Å²) in [6.45, 7) is 3.57. The summed E-state index contributed by atoms with van der Waals surface area (Å²) in [5, 5.41) is 11.6. The summed E-state index contributed by atoms with van der Waals surface area (Å²) in [7, 11) is 0. The minimum atomic E-state index is -0.879. The number of rotatable bonds is 9. The minimum Gasteiger partial charge on any atom is -0.507 e. The number of fused-ring (bicyclic) bond motifs is 1. The van der Waals surface area contributed by atoms with Gasteiger partial charge in [-0.25, -0.2) is 0 Å². The largest absolute Gasteiger partial charge is 0.507 e. The number of ether oxygens (including phenoxy) is 4. The Bertz CT molecular complexity index is 1670. The molecule has 1 amide bonds. The van der Waals surface area contributed by atoms with Gasteiger partial charge in [-0.2, -0.15) is 0 Å². The SMILES string of the molecule is CCOc1cc(C2/C(=C(/O)c3ccc4c(c3)OCCO4)C(=O)C(=O)N2Cc2ccccc2)ccc1OCc1ccccc1. The van der Waals surface area contributed by atoms with E-state index < -0.39 is 17.7 Å². The van der Waals surface area contributed by atoms with Crippen LogP contribution in [-0.4, -0.2) is 41.5 Å². The third-order valence-electron chi connectivity index (χ3n) is 7.37. The zero-order valence-electron chi connectivity index (χ0n) is 23.7. The van der Waals surface area contributed by atoms with Crippen LogP contribution in [0.4, 0.5) is 0 Å². The van der Waals surface area contributed by atoms with Gasteiger partial charge in [0, 0.05) is 12.1 Å². The number of hydrogen-bond acceptors (Lipinski definition) is 7. The van der Waals surface area contributed by atoms with E-state index in [9.17, 15) is 14.7 Å². The molecule has 1 saturated heterocycles. The molecule has 43 heavy (non-hydrogen) atoms. The first-order chi connectivity index (χ1) is 21.0. The van der Waals surface area contributed by atoms with Gasteiger partial charge in [0.05, 0.1) is 18.2 Å². The quantitative estimate of drug-likeness (QED) is 0.147. The smallest absolute Gasteiger partial charge is 0.295 e. The van der Waals surface area contributed by atoms with Crippen molar-refractivity contribution in [3.05, 3.63) is 125 Å². The minimum absolute atomic E-state index is 0.0157. The maximum Gasteiger partial charge on any atom is 0.295 e. The molecule has 218 valence electrons. The van der Waals surface area contributed by atoms with Crippen molar-refractivity contribution in [2.24, 2.45) is 0 Å². The normalized spacial score (nSPS) is 17.1. The molecule has 4 aromatic rings. The maximum absolute atomic E-state index is 13.6. The van der Waals surface area contributed by atoms with E-state index in [2.05, 4.69) is 0 Å². The number of carbonyl (C=O) groups is 2. The van der Waals surface area contributed by atoms with Gasteiger partial charge >= 0.3 is 0 Å². The van der Waals surface area contributed by atoms with E-state index in [1.165, 1.54) is 4.90 Å². The second-order valence-corrected chi connectivity index (χ2v) is 10.2. The first-order valence-electron chi connectivity index (χ1n) is 14.2. The predicted molar refractivity (Wildman–Crippen MR) is 160 cm³/mol. The number of benzene rings is 4. The molecule has 1 N–H and O–H groups in total. The molecular formula is C35H31NO7. The average molecular weight is 578 g/mol. The number of likely N-dealkylation sites (tertiary alicyclic amines) is 1. The van der Waals surface area contributed by atoms with Crippen molar-refractivity contribution in [1.82, 2.24) is 4.90 Å². The molecular weight excluding hydrogens is 546 g/mol. The summed E-state index contributed by atoms with van der Waals surface area (Å²) in [5.74, 6) is 0.256. The Morgan fingerprint density at radius 2 is 1.51 bits per heavy atom. The van der Waals surface area contributed by atoms with Crippen LogP contribution in [0.3, 0.4) is 0 Å². The first-order valence-corrected chi connectivity index (χ1v) is 14.2. The molecule has 2 heterocycles. The number of aliphatic hydroxyl groups excluding tert-OH is 1. The average Bonchev–Trinajstić information content (AvgIpc) is 3.29. The molecule has 1 unspecified atom stereocenters. The van der Waals surface area contributed by atoms with E-state index in [4.69, 9.17) is 18.9 Å². The monoisotopic (exact) mass is 577 g/mol. The maximum atomic E-state index is 13.6. The summed E-state index contributed by atoms with van der Waals surface area (Å²) in [4.78, 5) is 28.6. The van der Waals surface area contributed by atoms with Gasteiger partial charge in [-0.3, -0.25) is 9.59 Å². The second kappa shape index (κ2) is 12.3. The lowest BCUT2D eigenvalue weighted by molar-refractivity contribution is -0.140. The molecule has 4 aromatic carbocycles. The summed E-state index contributed by atoms with van der Waals surface area (Å²) < 4.78 is 23.4. The van der Waals surface area contributed by atoms with E-state index >= 15 is 0 Å². The summed E-state index contributed by atoms with van der Waals surface area (Å²) in [5.41, 5.74) is 2.79. The molecule has 0 spiro atoms. The van der Waals surface area contributed by atoms with Crippen molar-refractivity contribution in [2.45, 2.75) is 26.1 Å². The molecule has 2 aliphatic rings. The number of carbonyl (C=O) groups excluding carboxylic acids is 2. The van der Waals surface area contributed by atoms with Crippen LogP contribution in [0.5, 0.6) is 23.0 Å². The molecule has 0 bridgehead atoms. The Balaban J connectivity index is 1.43. The van der Waals surface area contributed by atoms with Crippen molar-refractivity contribution in [1.29, 1.82) is 0 Å². The Morgan fingerprint density at radius 3 is 2.23 bits per heavy atom. The van der Waals surface area contributed by atoms with Crippen LogP contribution in [0.15, 0.2) is 103 Å². The highest BCUT2D eigenvalue weighted by atomic mass is 16.6. The Morgan fingerprint density at radius 1 is 0.814 bits per heavy atom. The van der Waals surface area contributed by atoms with Gasteiger partial charge in [0.15, 0.2) is 23.0 Å². The lowest BCUT2D eigenvalue weighted by atomic mass is 9.94. The topological polar surface area (TPSA) is 94.5 Å². The highest BCUT2D eigenvalue weighted by molar-refractivity contribution is 6.46. The second-order valence-electron chi connectivity index (χ2n) is 10.2. The zero-order valence-corrected chi connectivity index (χ0v) is 23.7. The molecule has 8 nitrogen and oxygen atoms in total. The van der Waals surface area contributed by atoms with Crippen molar-refractivity contribution < 1.29 is 33.6 Å². The van der Waals surface area contributed by atoms with Crippen LogP contribution in [0.25, 0.3) is 5.76 Å². The van der Waals surface area contributed by atoms with Gasteiger partial charge < -0.3 is 29.0 Å². The number of amides is 1. The number of ketones is 1. The van der Waals surface area contributed by atoms with Gasteiger partial charge in [-0.1, -0.05) is 66.7 Å². The Kier molecular flexibility index (Phi) is 8.00. The van der Waals surface area contributed by atoms with Crippen LogP contribution in [0.2, 0.25) is 0 Å². The predicted octanol–water partition coefficient (Wildman–Crippen LogP) is 6.06. The van der Waals surface area contributed by atoms with Crippen molar-refractivity contribution in [3.8, 4) is 23.0 Å². The van der Waals surface area contributed by atoms with Crippen molar-refractivity contribution in [2.75, 3.05) is 19.8 Å². The number of nitrogens with zero attached hydrogens (tertiary/aromatic N) is 1. The first kappa shape index (κ1) is 27.9. The van der Waals surface area contributed by atoms with Gasteiger partial charge in [0.25, 0.3) is 11.7 Å². The van der Waals surface area contributed by atoms with Crippen LogP contribution < -0.4 is 18.9 Å². The third-order valence-corrected chi connectivity index (χ3v) is 7.37. The number of aliphatic hydroxyl groups is 1. The van der Waals surface area contributed by atoms with E-state index in [0.29, 0.717) is 60.6 Å². The summed E-state index contributed by atoms with van der Waals surface area (Å²) in [6.07, 6.45) is 0. The molecule has 0 radical (unpaired) electrons. The van der Waals surface area contributed by atoms with Gasteiger partial charge in [0.1, 0.15) is 25.6 Å². The van der Waals surface area contributed by atoms with Gasteiger partial charge in [-0.05, 0) is 53.9 Å². The molecule has 1 fully saturated rings. The molecule has 6 rings (SSSR count). The number of hydrogen-bond donors (Lipinski definition) is 1. The van der Waals surface area contributed by atoms with Crippen LogP contribution in [-0.2, 0) is 22.7 Å². The third kappa shape index (κ3) is 5.77. The lowest BCUT2D eigenvalue weighted by Crippen LogP contribution is -2.29. The van der Waals surface area contributed by atoms with Crippen LogP contribution in [0, 0.1) is 0 Å². The van der Waals surface area contributed by atoms with Crippen LogP contribution >= 0.6 is 0 Å². The summed E-state index contributed by atoms with van der Waals surface area (Å²) >= 11 is 0. The van der Waals surface area contributed by atoms with Crippen molar-refractivity contribution in [3.63, 3.8) is 0 Å². The fraction of sp³-hybridized carbons (Fsp3) is 0.200. The van der Waals surface area contributed by atoms with E-state index in [1.54, 1.807) is 36.4 Å². The lowest BCUT2D eigenvalue weighted by Gasteiger charge is -2.26. The molecule has 2 aliphatic heterocycles. The van der Waals surface area contributed by atoms with E-state index in [1.807, 2.05) is 67.6 Å². The number of Topliss-reactive ketones (excluding diaryl/α,β-unsaturated/α-hetero) is 1. The Labute approximate surface area is 249 Å². The van der Waals surface area contributed by atoms with E-state index in [-0.39, 0.29) is 17.9 Å². The fourth-order valence-electron chi connectivity index (χ4n) is 5.33. The fourth-order valence-corrected chi connectivity index (χ4v) is 5.33. The standard InChI is InChI=1S/C35H31NO7/c1-2-40-29-19-25(13-15-28(29)43-22-24-11-7-4-8-12-24)32-31(33(37)26-14-16-27-30(20-26)42-18-17-41-27)34(38)35(39)36(32)21-23-9-5-3-6-10-23/h3-16,19-20,32,37H,2,17-18,21-22H2,1H3/b33-31-. The molecule has 0 saturated carbocycles. The molecule has 0 aromatic heterocycles. The zero-order chi connectivity index (χ0) is 29.8. The van der Waals surface area contributed by atoms with Gasteiger partial charge in [0.2, 0.25) is 0 Å². The summed E-state index contributed by atoms with van der Waals surface area (Å²) in [6, 6.07) is 28.6. The highest BCUT2D eigenvalue weighted by Gasteiger charge is 2.46.